The van der Waals surface area contributed by atoms with Crippen LogP contribution in [0.3, 0.4) is 0 Å². The largest absolute Gasteiger partial charge is 0.350 e. The molecule has 0 aliphatic heterocycles. The third-order valence-corrected chi connectivity index (χ3v) is 9.33. The number of hydrogen-bond donors (Lipinski definition) is 1. The first kappa shape index (κ1) is 33.2. The molecule has 0 radical (unpaired) electrons. The Labute approximate surface area is 273 Å². The molecule has 0 aliphatic rings. The second kappa shape index (κ2) is 14.4. The molecular formula is C34H35BrClN3O4S. The van der Waals surface area contributed by atoms with Gasteiger partial charge in [-0.15, -0.1) is 0 Å². The predicted molar refractivity (Wildman–Crippen MR) is 179 cm³/mol. The molecule has 4 aromatic rings. The van der Waals surface area contributed by atoms with Gasteiger partial charge < -0.3 is 10.2 Å². The number of halogens is 2. The van der Waals surface area contributed by atoms with Crippen LogP contribution >= 0.6 is 27.5 Å². The zero-order chi connectivity index (χ0) is 31.9. The van der Waals surface area contributed by atoms with Gasteiger partial charge in [0.1, 0.15) is 12.6 Å². The molecule has 0 aliphatic carbocycles. The Morgan fingerprint density at radius 1 is 0.818 bits per heavy atom. The summed E-state index contributed by atoms with van der Waals surface area (Å²) in [6.07, 6.45) is 0.234. The Balaban J connectivity index is 1.80. The van der Waals surface area contributed by atoms with Crippen LogP contribution in [-0.2, 0) is 32.6 Å². The van der Waals surface area contributed by atoms with Crippen LogP contribution in [0.1, 0.15) is 31.9 Å². The van der Waals surface area contributed by atoms with Gasteiger partial charge >= 0.3 is 0 Å². The van der Waals surface area contributed by atoms with Crippen molar-refractivity contribution in [1.82, 2.24) is 10.2 Å². The fourth-order valence-corrected chi connectivity index (χ4v) is 6.47. The van der Waals surface area contributed by atoms with Crippen molar-refractivity contribution < 1.29 is 18.0 Å². The van der Waals surface area contributed by atoms with Crippen molar-refractivity contribution in [2.45, 2.75) is 50.2 Å². The fourth-order valence-electron chi connectivity index (χ4n) is 4.65. The van der Waals surface area contributed by atoms with E-state index in [9.17, 15) is 18.0 Å². The first-order valence-corrected chi connectivity index (χ1v) is 16.7. The van der Waals surface area contributed by atoms with Crippen LogP contribution < -0.4 is 9.62 Å². The maximum atomic E-state index is 14.4. The minimum atomic E-state index is -4.17. The predicted octanol–water partition coefficient (Wildman–Crippen LogP) is 6.85. The molecular weight excluding hydrogens is 662 g/mol. The molecule has 0 heterocycles. The highest BCUT2D eigenvalue weighted by molar-refractivity contribution is 9.10. The van der Waals surface area contributed by atoms with Gasteiger partial charge in [0.15, 0.2) is 0 Å². The van der Waals surface area contributed by atoms with E-state index in [0.29, 0.717) is 5.02 Å². The minimum Gasteiger partial charge on any atom is -0.350 e. The van der Waals surface area contributed by atoms with Crippen LogP contribution in [-0.4, -0.2) is 43.3 Å². The van der Waals surface area contributed by atoms with Crippen LogP contribution in [0.2, 0.25) is 5.02 Å². The lowest BCUT2D eigenvalue weighted by Gasteiger charge is -2.35. The molecule has 4 aromatic carbocycles. The molecule has 0 saturated heterocycles. The van der Waals surface area contributed by atoms with Gasteiger partial charge in [-0.2, -0.15) is 0 Å². The van der Waals surface area contributed by atoms with Crippen molar-refractivity contribution in [2.24, 2.45) is 0 Å². The lowest BCUT2D eigenvalue weighted by atomic mass is 10.0. The summed E-state index contributed by atoms with van der Waals surface area (Å²) in [5.74, 6) is -0.872. The van der Waals surface area contributed by atoms with E-state index >= 15 is 0 Å². The Bertz CT molecular complexity index is 1660. The van der Waals surface area contributed by atoms with Crippen LogP contribution in [0.25, 0.3) is 0 Å². The molecule has 2 amide bonds. The van der Waals surface area contributed by atoms with E-state index in [1.165, 1.54) is 17.0 Å². The Morgan fingerprint density at radius 2 is 1.39 bits per heavy atom. The Kier molecular flexibility index (Phi) is 10.9. The van der Waals surface area contributed by atoms with Crippen molar-refractivity contribution >= 4 is 55.1 Å². The third-order valence-electron chi connectivity index (χ3n) is 6.76. The highest BCUT2D eigenvalue weighted by Gasteiger charge is 2.35. The molecule has 0 saturated carbocycles. The minimum absolute atomic E-state index is 0.0357. The topological polar surface area (TPSA) is 86.8 Å². The number of nitrogens with one attached hydrogen (secondary N) is 1. The van der Waals surface area contributed by atoms with Gasteiger partial charge in [0, 0.05) is 28.0 Å². The third kappa shape index (κ3) is 8.94. The zero-order valence-electron chi connectivity index (χ0n) is 24.8. The molecule has 0 spiro atoms. The number of carbonyl (C=O) groups is 2. The standard InChI is InChI=1S/C34H35BrClN3O4S/c1-34(2,3)37-33(41)31(22-25-10-6-4-7-11-25)38(23-26-14-16-27(35)17-15-26)32(40)24-39(29-20-18-28(36)19-21-29)44(42,43)30-12-8-5-9-13-30/h4-21,31H,22-24H2,1-3H3,(H,37,41). The Hall–Kier alpha value is -3.66. The molecule has 230 valence electrons. The van der Waals surface area contributed by atoms with Gasteiger partial charge in [0.2, 0.25) is 11.8 Å². The monoisotopic (exact) mass is 695 g/mol. The van der Waals surface area contributed by atoms with E-state index in [4.69, 9.17) is 11.6 Å². The average molecular weight is 697 g/mol. The van der Waals surface area contributed by atoms with Gasteiger partial charge in [-0.1, -0.05) is 88.2 Å². The lowest BCUT2D eigenvalue weighted by Crippen LogP contribution is -2.56. The highest BCUT2D eigenvalue weighted by atomic mass is 79.9. The SMILES string of the molecule is CC(C)(C)NC(=O)C(Cc1ccccc1)N(Cc1ccc(Br)cc1)C(=O)CN(c1ccc(Cl)cc1)S(=O)(=O)c1ccccc1. The van der Waals surface area contributed by atoms with E-state index in [1.807, 2.05) is 75.4 Å². The maximum absolute atomic E-state index is 14.4. The molecule has 0 aromatic heterocycles. The summed E-state index contributed by atoms with van der Waals surface area (Å²) < 4.78 is 29.9. The molecule has 1 atom stereocenters. The summed E-state index contributed by atoms with van der Waals surface area (Å²) in [4.78, 5) is 29.9. The smallest absolute Gasteiger partial charge is 0.264 e. The number of rotatable bonds is 11. The average Bonchev–Trinajstić information content (AvgIpc) is 2.99. The van der Waals surface area contributed by atoms with Gasteiger partial charge in [0.05, 0.1) is 10.6 Å². The number of hydrogen-bond acceptors (Lipinski definition) is 4. The molecule has 1 unspecified atom stereocenters. The molecule has 0 bridgehead atoms. The van der Waals surface area contributed by atoms with Crippen LogP contribution in [0.4, 0.5) is 5.69 Å². The highest BCUT2D eigenvalue weighted by Crippen LogP contribution is 2.26. The van der Waals surface area contributed by atoms with Gasteiger partial charge in [-0.3, -0.25) is 13.9 Å². The first-order valence-electron chi connectivity index (χ1n) is 14.1. The number of nitrogens with zero attached hydrogens (tertiary/aromatic N) is 2. The number of amides is 2. The van der Waals surface area contributed by atoms with Crippen LogP contribution in [0.5, 0.6) is 0 Å². The number of sulfonamides is 1. The summed E-state index contributed by atoms with van der Waals surface area (Å²) in [6, 6.07) is 30.2. The second-order valence-electron chi connectivity index (χ2n) is 11.4. The van der Waals surface area contributed by atoms with E-state index in [0.717, 1.165) is 19.9 Å². The zero-order valence-corrected chi connectivity index (χ0v) is 27.9. The summed E-state index contributed by atoms with van der Waals surface area (Å²) in [5, 5.41) is 3.46. The van der Waals surface area contributed by atoms with Gasteiger partial charge in [-0.05, 0) is 80.4 Å². The van der Waals surface area contributed by atoms with E-state index in [1.54, 1.807) is 42.5 Å². The summed E-state index contributed by atoms with van der Waals surface area (Å²) in [7, 11) is -4.17. The summed E-state index contributed by atoms with van der Waals surface area (Å²) in [6.45, 7) is 5.17. The molecule has 1 N–H and O–H groups in total. The molecule has 44 heavy (non-hydrogen) atoms. The van der Waals surface area contributed by atoms with Crippen molar-refractivity contribution in [3.05, 3.63) is 130 Å². The first-order chi connectivity index (χ1) is 20.8. The van der Waals surface area contributed by atoms with E-state index < -0.39 is 34.1 Å². The number of benzene rings is 4. The normalized spacial score (nSPS) is 12.3. The van der Waals surface area contributed by atoms with E-state index in [2.05, 4.69) is 21.2 Å². The fraction of sp³-hybridized carbons (Fsp3) is 0.235. The van der Waals surface area contributed by atoms with Crippen LogP contribution in [0, 0.1) is 0 Å². The number of carbonyl (C=O) groups excluding carboxylic acids is 2. The quantitative estimate of drug-likeness (QED) is 0.186. The second-order valence-corrected chi connectivity index (χ2v) is 14.6. The lowest BCUT2D eigenvalue weighted by molar-refractivity contribution is -0.140. The van der Waals surface area contributed by atoms with Gasteiger partial charge in [0.25, 0.3) is 10.0 Å². The molecule has 7 nitrogen and oxygen atoms in total. The molecule has 4 rings (SSSR count). The van der Waals surface area contributed by atoms with Gasteiger partial charge in [-0.25, -0.2) is 8.42 Å². The number of anilines is 1. The van der Waals surface area contributed by atoms with Crippen LogP contribution in [0.15, 0.2) is 119 Å². The maximum Gasteiger partial charge on any atom is 0.264 e. The molecule has 0 fully saturated rings. The van der Waals surface area contributed by atoms with Crippen molar-refractivity contribution in [3.63, 3.8) is 0 Å². The Morgan fingerprint density at radius 3 is 1.95 bits per heavy atom. The summed E-state index contributed by atoms with van der Waals surface area (Å²) >= 11 is 9.57. The van der Waals surface area contributed by atoms with Crippen molar-refractivity contribution in [2.75, 3.05) is 10.8 Å². The van der Waals surface area contributed by atoms with Crippen molar-refractivity contribution in [1.29, 1.82) is 0 Å². The van der Waals surface area contributed by atoms with Crippen molar-refractivity contribution in [3.8, 4) is 0 Å². The molecule has 10 heteroatoms. The van der Waals surface area contributed by atoms with E-state index in [-0.39, 0.29) is 29.5 Å². The summed E-state index contributed by atoms with van der Waals surface area (Å²) in [5.41, 5.74) is 1.35.